The van der Waals surface area contributed by atoms with Crippen molar-refractivity contribution in [3.63, 3.8) is 0 Å². The zero-order valence-electron chi connectivity index (χ0n) is 10.6. The van der Waals surface area contributed by atoms with Gasteiger partial charge in [0.1, 0.15) is 5.82 Å². The summed E-state index contributed by atoms with van der Waals surface area (Å²) in [7, 11) is 1.65. The second kappa shape index (κ2) is 8.43. The van der Waals surface area contributed by atoms with E-state index in [0.717, 1.165) is 5.82 Å². The molecule has 0 atom stereocenters. The first kappa shape index (κ1) is 14.4. The maximum Gasteiger partial charge on any atom is 0.224 e. The molecule has 1 rings (SSSR count). The van der Waals surface area contributed by atoms with Crippen molar-refractivity contribution in [2.45, 2.75) is 12.8 Å². The normalized spacial score (nSPS) is 10.1. The Bertz CT molecular complexity index is 354. The van der Waals surface area contributed by atoms with Crippen LogP contribution in [0.5, 0.6) is 0 Å². The topological polar surface area (TPSA) is 89.3 Å². The van der Waals surface area contributed by atoms with Crippen molar-refractivity contribution in [1.82, 2.24) is 4.98 Å². The highest BCUT2D eigenvalue weighted by Gasteiger charge is 2.02. The Morgan fingerprint density at radius 3 is 2.94 bits per heavy atom. The summed E-state index contributed by atoms with van der Waals surface area (Å²) in [5, 5.41) is 5.86. The van der Waals surface area contributed by atoms with Crippen LogP contribution in [0.1, 0.15) is 12.8 Å². The Morgan fingerprint density at radius 2 is 2.33 bits per heavy atom. The minimum Gasteiger partial charge on any atom is -0.383 e. The first-order valence-electron chi connectivity index (χ1n) is 5.95. The molecule has 0 unspecified atom stereocenters. The molecule has 1 heterocycles. The number of pyridine rings is 1. The van der Waals surface area contributed by atoms with Gasteiger partial charge in [-0.3, -0.25) is 4.79 Å². The van der Waals surface area contributed by atoms with E-state index in [2.05, 4.69) is 15.6 Å². The van der Waals surface area contributed by atoms with E-state index in [1.807, 2.05) is 12.1 Å². The van der Waals surface area contributed by atoms with E-state index in [9.17, 15) is 4.79 Å². The molecule has 18 heavy (non-hydrogen) atoms. The van der Waals surface area contributed by atoms with Gasteiger partial charge >= 0.3 is 0 Å². The molecule has 0 aliphatic carbocycles. The maximum absolute atomic E-state index is 11.4. The van der Waals surface area contributed by atoms with E-state index in [-0.39, 0.29) is 5.91 Å². The van der Waals surface area contributed by atoms with Gasteiger partial charge in [-0.25, -0.2) is 4.98 Å². The van der Waals surface area contributed by atoms with Gasteiger partial charge in [0.05, 0.1) is 18.5 Å². The van der Waals surface area contributed by atoms with Crippen LogP contribution in [0.3, 0.4) is 0 Å². The van der Waals surface area contributed by atoms with Crippen molar-refractivity contribution >= 4 is 17.4 Å². The van der Waals surface area contributed by atoms with E-state index in [0.29, 0.717) is 38.2 Å². The van der Waals surface area contributed by atoms with Crippen molar-refractivity contribution in [3.05, 3.63) is 18.3 Å². The van der Waals surface area contributed by atoms with Gasteiger partial charge < -0.3 is 21.1 Å². The molecule has 1 aromatic heterocycles. The number of nitrogens with two attached hydrogens (primary N) is 1. The number of carbonyl (C=O) groups is 1. The molecule has 6 nitrogen and oxygen atoms in total. The highest BCUT2D eigenvalue weighted by Crippen LogP contribution is 2.09. The average Bonchev–Trinajstić information content (AvgIpc) is 2.39. The second-order valence-corrected chi connectivity index (χ2v) is 3.79. The van der Waals surface area contributed by atoms with E-state index in [1.165, 1.54) is 0 Å². The minimum atomic E-state index is -0.0395. The van der Waals surface area contributed by atoms with Gasteiger partial charge in [0.25, 0.3) is 0 Å². The van der Waals surface area contributed by atoms with E-state index in [4.69, 9.17) is 10.5 Å². The molecule has 0 spiro atoms. The number of nitrogens with one attached hydrogen (secondary N) is 2. The number of carbonyl (C=O) groups excluding carboxylic acids is 1. The molecular formula is C12H20N4O2. The SMILES string of the molecule is COCCNc1ccc(NC(=O)CCCN)cn1. The van der Waals surface area contributed by atoms with Crippen LogP contribution in [0, 0.1) is 0 Å². The molecule has 0 saturated heterocycles. The van der Waals surface area contributed by atoms with Crippen LogP contribution in [-0.4, -0.2) is 37.7 Å². The fourth-order valence-electron chi connectivity index (χ4n) is 1.34. The molecule has 0 radical (unpaired) electrons. The van der Waals surface area contributed by atoms with Gasteiger partial charge in [0.2, 0.25) is 5.91 Å². The Kier molecular flexibility index (Phi) is 6.75. The molecule has 100 valence electrons. The molecule has 1 amide bonds. The van der Waals surface area contributed by atoms with Crippen molar-refractivity contribution in [3.8, 4) is 0 Å². The van der Waals surface area contributed by atoms with Crippen LogP contribution in [0.25, 0.3) is 0 Å². The Hall–Kier alpha value is -1.66. The third-order valence-electron chi connectivity index (χ3n) is 2.27. The smallest absolute Gasteiger partial charge is 0.224 e. The van der Waals surface area contributed by atoms with Crippen LogP contribution in [0.2, 0.25) is 0 Å². The van der Waals surface area contributed by atoms with E-state index in [1.54, 1.807) is 13.3 Å². The van der Waals surface area contributed by atoms with Gasteiger partial charge in [-0.15, -0.1) is 0 Å². The number of amides is 1. The highest BCUT2D eigenvalue weighted by atomic mass is 16.5. The van der Waals surface area contributed by atoms with E-state index < -0.39 is 0 Å². The maximum atomic E-state index is 11.4. The largest absolute Gasteiger partial charge is 0.383 e. The lowest BCUT2D eigenvalue weighted by Crippen LogP contribution is -2.14. The number of rotatable bonds is 8. The minimum absolute atomic E-state index is 0.0395. The quantitative estimate of drug-likeness (QED) is 0.596. The number of anilines is 2. The predicted molar refractivity (Wildman–Crippen MR) is 71.5 cm³/mol. The van der Waals surface area contributed by atoms with Crippen molar-refractivity contribution in [2.24, 2.45) is 5.73 Å². The summed E-state index contributed by atoms with van der Waals surface area (Å²) in [6.45, 7) is 1.85. The van der Waals surface area contributed by atoms with Crippen molar-refractivity contribution < 1.29 is 9.53 Å². The van der Waals surface area contributed by atoms with Gasteiger partial charge in [-0.1, -0.05) is 0 Å². The first-order valence-corrected chi connectivity index (χ1v) is 5.95. The molecule has 0 bridgehead atoms. The molecule has 0 saturated carbocycles. The number of ether oxygens (including phenoxy) is 1. The van der Waals surface area contributed by atoms with Crippen molar-refractivity contribution in [1.29, 1.82) is 0 Å². The second-order valence-electron chi connectivity index (χ2n) is 3.79. The summed E-state index contributed by atoms with van der Waals surface area (Å²) < 4.78 is 4.92. The molecular weight excluding hydrogens is 232 g/mol. The number of nitrogens with zero attached hydrogens (tertiary/aromatic N) is 1. The first-order chi connectivity index (χ1) is 8.76. The van der Waals surface area contributed by atoms with Gasteiger partial charge in [-0.2, -0.15) is 0 Å². The molecule has 1 aromatic rings. The van der Waals surface area contributed by atoms with Crippen LogP contribution < -0.4 is 16.4 Å². The third kappa shape index (κ3) is 5.60. The van der Waals surface area contributed by atoms with Crippen LogP contribution >= 0.6 is 0 Å². The fraction of sp³-hybridized carbons (Fsp3) is 0.500. The number of aromatic nitrogens is 1. The zero-order chi connectivity index (χ0) is 13.2. The van der Waals surface area contributed by atoms with Crippen LogP contribution in [-0.2, 0) is 9.53 Å². The summed E-state index contributed by atoms with van der Waals surface area (Å²) in [6.07, 6.45) is 2.75. The molecule has 4 N–H and O–H groups in total. The summed E-state index contributed by atoms with van der Waals surface area (Å²) in [5.41, 5.74) is 6.03. The standard InChI is InChI=1S/C12H20N4O2/c1-18-8-7-14-11-5-4-10(9-15-11)16-12(17)3-2-6-13/h4-5,9H,2-3,6-8,13H2,1H3,(H,14,15)(H,16,17). The van der Waals surface area contributed by atoms with Crippen LogP contribution in [0.4, 0.5) is 11.5 Å². The fourth-order valence-corrected chi connectivity index (χ4v) is 1.34. The third-order valence-corrected chi connectivity index (χ3v) is 2.27. The lowest BCUT2D eigenvalue weighted by molar-refractivity contribution is -0.116. The zero-order valence-corrected chi connectivity index (χ0v) is 10.6. The Morgan fingerprint density at radius 1 is 1.50 bits per heavy atom. The molecule has 0 fully saturated rings. The summed E-state index contributed by atoms with van der Waals surface area (Å²) in [6, 6.07) is 3.62. The lowest BCUT2D eigenvalue weighted by atomic mass is 10.3. The molecule has 0 aliphatic rings. The summed E-state index contributed by atoms with van der Waals surface area (Å²) in [5.74, 6) is 0.717. The monoisotopic (exact) mass is 252 g/mol. The lowest BCUT2D eigenvalue weighted by Gasteiger charge is -2.07. The molecule has 6 heteroatoms. The number of hydrogen-bond acceptors (Lipinski definition) is 5. The predicted octanol–water partition coefficient (Wildman–Crippen LogP) is 0.817. The van der Waals surface area contributed by atoms with Crippen LogP contribution in [0.15, 0.2) is 18.3 Å². The summed E-state index contributed by atoms with van der Waals surface area (Å²) in [4.78, 5) is 15.6. The summed E-state index contributed by atoms with van der Waals surface area (Å²) >= 11 is 0. The van der Waals surface area contributed by atoms with E-state index >= 15 is 0 Å². The average molecular weight is 252 g/mol. The van der Waals surface area contributed by atoms with Gasteiger partial charge in [0.15, 0.2) is 0 Å². The molecule has 0 aliphatic heterocycles. The van der Waals surface area contributed by atoms with Crippen molar-refractivity contribution in [2.75, 3.05) is 37.4 Å². The Balaban J connectivity index is 2.37. The number of hydrogen-bond donors (Lipinski definition) is 3. The Labute approximate surface area is 107 Å². The van der Waals surface area contributed by atoms with Gasteiger partial charge in [0, 0.05) is 20.1 Å². The number of methoxy groups -OCH3 is 1. The van der Waals surface area contributed by atoms with Gasteiger partial charge in [-0.05, 0) is 25.1 Å². The highest BCUT2D eigenvalue weighted by molar-refractivity contribution is 5.90. The molecule has 0 aromatic carbocycles.